The van der Waals surface area contributed by atoms with Gasteiger partial charge in [-0.05, 0) is 43.7 Å². The van der Waals surface area contributed by atoms with Gasteiger partial charge in [-0.1, -0.05) is 6.07 Å². The second kappa shape index (κ2) is 6.01. The fourth-order valence-electron chi connectivity index (χ4n) is 2.61. The van der Waals surface area contributed by atoms with Crippen molar-refractivity contribution in [2.75, 3.05) is 7.05 Å². The Balaban J connectivity index is 1.79. The Bertz CT molecular complexity index is 734. The average Bonchev–Trinajstić information content (AvgIpc) is 2.93. The molecule has 1 atom stereocenters. The monoisotopic (exact) mass is 281 g/mol. The van der Waals surface area contributed by atoms with Gasteiger partial charge in [0, 0.05) is 37.4 Å². The molecular weight excluding hydrogens is 262 g/mol. The molecule has 21 heavy (non-hydrogen) atoms. The summed E-state index contributed by atoms with van der Waals surface area (Å²) in [4.78, 5) is 8.69. The second-order valence-corrected chi connectivity index (χ2v) is 5.13. The summed E-state index contributed by atoms with van der Waals surface area (Å²) in [7, 11) is 3.98. The lowest BCUT2D eigenvalue weighted by molar-refractivity contribution is 0.536. The van der Waals surface area contributed by atoms with Crippen LogP contribution >= 0.6 is 0 Å². The van der Waals surface area contributed by atoms with Crippen molar-refractivity contribution in [3.05, 3.63) is 54.1 Å². The molecule has 0 fully saturated rings. The molecule has 0 bridgehead atoms. The Hall–Kier alpha value is -2.27. The van der Waals surface area contributed by atoms with Crippen LogP contribution in [0.5, 0.6) is 0 Å². The molecule has 0 aliphatic carbocycles. The summed E-state index contributed by atoms with van der Waals surface area (Å²) >= 11 is 0. The molecule has 0 radical (unpaired) electrons. The number of benzene rings is 1. The molecule has 0 aliphatic rings. The highest BCUT2D eigenvalue weighted by atomic mass is 15.2. The van der Waals surface area contributed by atoms with Crippen molar-refractivity contribution >= 4 is 11.0 Å². The summed E-state index contributed by atoms with van der Waals surface area (Å²) in [5.74, 6) is 0. The van der Waals surface area contributed by atoms with Crippen LogP contribution in [0.4, 0.5) is 0 Å². The summed E-state index contributed by atoms with van der Waals surface area (Å²) in [6.07, 6.45) is 7.30. The zero-order valence-electron chi connectivity index (χ0n) is 12.3. The molecule has 5 nitrogen and oxygen atoms in total. The van der Waals surface area contributed by atoms with E-state index in [1.165, 1.54) is 11.3 Å². The van der Waals surface area contributed by atoms with Crippen molar-refractivity contribution in [3.63, 3.8) is 0 Å². The van der Waals surface area contributed by atoms with Crippen LogP contribution in [0.2, 0.25) is 0 Å². The van der Waals surface area contributed by atoms with Crippen LogP contribution in [0.1, 0.15) is 23.7 Å². The van der Waals surface area contributed by atoms with E-state index in [-0.39, 0.29) is 0 Å². The number of nitrogens with zero attached hydrogens (tertiary/aromatic N) is 4. The average molecular weight is 281 g/mol. The van der Waals surface area contributed by atoms with Crippen LogP contribution in [0.15, 0.2) is 42.9 Å². The second-order valence-electron chi connectivity index (χ2n) is 5.13. The van der Waals surface area contributed by atoms with Crippen molar-refractivity contribution < 1.29 is 0 Å². The van der Waals surface area contributed by atoms with E-state index in [2.05, 4.69) is 38.6 Å². The van der Waals surface area contributed by atoms with Crippen LogP contribution in [0, 0.1) is 0 Å². The molecule has 0 amide bonds. The van der Waals surface area contributed by atoms with Crippen molar-refractivity contribution in [2.24, 2.45) is 7.05 Å². The zero-order chi connectivity index (χ0) is 14.7. The molecular formula is C16H19N5. The Morgan fingerprint density at radius 1 is 1.10 bits per heavy atom. The summed E-state index contributed by atoms with van der Waals surface area (Å²) in [6, 6.07) is 8.64. The quantitative estimate of drug-likeness (QED) is 0.779. The third-order valence-corrected chi connectivity index (χ3v) is 3.86. The summed E-state index contributed by atoms with van der Waals surface area (Å²) in [6.45, 7) is 0. The lowest BCUT2D eigenvalue weighted by atomic mass is 10.0. The number of hydrogen-bond donors (Lipinski definition) is 1. The van der Waals surface area contributed by atoms with E-state index < -0.39 is 0 Å². The molecule has 2 heterocycles. The van der Waals surface area contributed by atoms with E-state index in [0.29, 0.717) is 6.04 Å². The van der Waals surface area contributed by atoms with Gasteiger partial charge in [-0.15, -0.1) is 0 Å². The fraction of sp³-hybridized carbons (Fsp3) is 0.312. The van der Waals surface area contributed by atoms with E-state index in [1.54, 1.807) is 12.4 Å². The first-order valence-corrected chi connectivity index (χ1v) is 7.13. The molecule has 2 aromatic heterocycles. The largest absolute Gasteiger partial charge is 0.313 e. The van der Waals surface area contributed by atoms with Gasteiger partial charge in [-0.2, -0.15) is 5.10 Å². The zero-order valence-corrected chi connectivity index (χ0v) is 12.3. The SMILES string of the molecule is CNC(CCc1ccnn1C)c1ccc2nccnc2c1. The van der Waals surface area contributed by atoms with Crippen molar-refractivity contribution in [1.82, 2.24) is 25.1 Å². The van der Waals surface area contributed by atoms with E-state index in [0.717, 1.165) is 23.9 Å². The molecule has 0 saturated carbocycles. The van der Waals surface area contributed by atoms with Gasteiger partial charge in [0.2, 0.25) is 0 Å². The molecule has 108 valence electrons. The van der Waals surface area contributed by atoms with E-state index >= 15 is 0 Å². The Morgan fingerprint density at radius 2 is 1.90 bits per heavy atom. The number of hydrogen-bond acceptors (Lipinski definition) is 4. The molecule has 0 aliphatic heterocycles. The number of aryl methyl sites for hydroxylation is 2. The van der Waals surface area contributed by atoms with Crippen LogP contribution < -0.4 is 5.32 Å². The molecule has 0 spiro atoms. The van der Waals surface area contributed by atoms with Gasteiger partial charge in [-0.25, -0.2) is 0 Å². The third kappa shape index (κ3) is 2.92. The minimum absolute atomic E-state index is 0.298. The van der Waals surface area contributed by atoms with E-state index in [9.17, 15) is 0 Å². The van der Waals surface area contributed by atoms with Gasteiger partial charge in [-0.3, -0.25) is 14.6 Å². The molecule has 3 rings (SSSR count). The van der Waals surface area contributed by atoms with Gasteiger partial charge in [0.05, 0.1) is 11.0 Å². The van der Waals surface area contributed by atoms with Gasteiger partial charge in [0.25, 0.3) is 0 Å². The van der Waals surface area contributed by atoms with Crippen LogP contribution in [0.25, 0.3) is 11.0 Å². The molecule has 3 aromatic rings. The van der Waals surface area contributed by atoms with Gasteiger partial charge in [0.15, 0.2) is 0 Å². The number of aromatic nitrogens is 4. The predicted molar refractivity (Wildman–Crippen MR) is 82.9 cm³/mol. The maximum atomic E-state index is 4.38. The molecule has 5 heteroatoms. The maximum Gasteiger partial charge on any atom is 0.0890 e. The summed E-state index contributed by atoms with van der Waals surface area (Å²) < 4.78 is 1.93. The highest BCUT2D eigenvalue weighted by Gasteiger charge is 2.11. The number of rotatable bonds is 5. The first kappa shape index (κ1) is 13.7. The summed E-state index contributed by atoms with van der Waals surface area (Å²) in [5, 5.41) is 7.60. The van der Waals surface area contributed by atoms with Crippen LogP contribution in [-0.4, -0.2) is 26.8 Å². The first-order chi connectivity index (χ1) is 10.3. The highest BCUT2D eigenvalue weighted by molar-refractivity contribution is 5.74. The molecule has 1 N–H and O–H groups in total. The smallest absolute Gasteiger partial charge is 0.0890 e. The normalized spacial score (nSPS) is 12.7. The minimum Gasteiger partial charge on any atom is -0.313 e. The Morgan fingerprint density at radius 3 is 2.62 bits per heavy atom. The van der Waals surface area contributed by atoms with E-state index in [1.807, 2.05) is 31.0 Å². The van der Waals surface area contributed by atoms with E-state index in [4.69, 9.17) is 0 Å². The topological polar surface area (TPSA) is 55.6 Å². The third-order valence-electron chi connectivity index (χ3n) is 3.86. The van der Waals surface area contributed by atoms with Crippen LogP contribution in [-0.2, 0) is 13.5 Å². The highest BCUT2D eigenvalue weighted by Crippen LogP contribution is 2.21. The summed E-state index contributed by atoms with van der Waals surface area (Å²) in [5.41, 5.74) is 4.36. The number of fused-ring (bicyclic) bond motifs is 1. The van der Waals surface area contributed by atoms with Gasteiger partial charge in [0.1, 0.15) is 0 Å². The number of nitrogens with one attached hydrogen (secondary N) is 1. The Labute approximate surface area is 124 Å². The molecule has 1 unspecified atom stereocenters. The van der Waals surface area contributed by atoms with Gasteiger partial charge >= 0.3 is 0 Å². The predicted octanol–water partition coefficient (Wildman–Crippen LogP) is 2.26. The molecule has 0 saturated heterocycles. The lowest BCUT2D eigenvalue weighted by Crippen LogP contribution is -2.17. The first-order valence-electron chi connectivity index (χ1n) is 7.13. The van der Waals surface area contributed by atoms with Crippen LogP contribution in [0.3, 0.4) is 0 Å². The molecule has 1 aromatic carbocycles. The minimum atomic E-state index is 0.298. The lowest BCUT2D eigenvalue weighted by Gasteiger charge is -2.17. The van der Waals surface area contributed by atoms with Gasteiger partial charge < -0.3 is 5.32 Å². The maximum absolute atomic E-state index is 4.38. The fourth-order valence-corrected chi connectivity index (χ4v) is 2.61. The van der Waals surface area contributed by atoms with Crippen molar-refractivity contribution in [2.45, 2.75) is 18.9 Å². The van der Waals surface area contributed by atoms with Crippen molar-refractivity contribution in [1.29, 1.82) is 0 Å². The van der Waals surface area contributed by atoms with Crippen molar-refractivity contribution in [3.8, 4) is 0 Å². The Kier molecular flexibility index (Phi) is 3.92. The standard InChI is InChI=1S/C16H19N5/c1-17-14(6-4-13-7-8-20-21(13)2)12-3-5-15-16(11-12)19-10-9-18-15/h3,5,7-11,14,17H,4,6H2,1-2H3.